The van der Waals surface area contributed by atoms with Gasteiger partial charge >= 0.3 is 0 Å². The molecule has 0 aromatic rings. The van der Waals surface area contributed by atoms with Crippen LogP contribution in [0.15, 0.2) is 0 Å². The van der Waals surface area contributed by atoms with Crippen LogP contribution < -0.4 is 5.32 Å². The van der Waals surface area contributed by atoms with Crippen LogP contribution in [-0.2, 0) is 0 Å². The molecular weight excluding hydrogens is 174 g/mol. The summed E-state index contributed by atoms with van der Waals surface area (Å²) in [4.78, 5) is 0. The normalized spacial score (nSPS) is 34.9. The standard InChI is InChI=1S/C12H23NO/c14-12(7-3-9-13-10-12)8-6-11-4-1-2-5-11/h11,13-14H,1-10H2. The van der Waals surface area contributed by atoms with Gasteiger partial charge < -0.3 is 10.4 Å². The minimum Gasteiger partial charge on any atom is -0.389 e. The lowest BCUT2D eigenvalue weighted by molar-refractivity contribution is 0.00332. The Bertz CT molecular complexity index is 169. The van der Waals surface area contributed by atoms with Crippen molar-refractivity contribution < 1.29 is 5.11 Å². The third kappa shape index (κ3) is 2.71. The number of nitrogens with one attached hydrogen (secondary N) is 1. The predicted molar refractivity (Wildman–Crippen MR) is 58.2 cm³/mol. The Balaban J connectivity index is 1.72. The molecule has 1 saturated carbocycles. The van der Waals surface area contributed by atoms with Gasteiger partial charge in [-0.15, -0.1) is 0 Å². The van der Waals surface area contributed by atoms with Gasteiger partial charge in [0, 0.05) is 6.54 Å². The number of rotatable bonds is 3. The van der Waals surface area contributed by atoms with Crippen LogP contribution in [0.4, 0.5) is 0 Å². The maximum atomic E-state index is 10.3. The lowest BCUT2D eigenvalue weighted by Gasteiger charge is -2.33. The number of β-amino-alcohol motifs (C(OH)–C–C–N with tert-alkyl or cyclic N) is 1. The van der Waals surface area contributed by atoms with E-state index in [1.165, 1.54) is 32.1 Å². The zero-order chi connectivity index (χ0) is 9.86. The number of aliphatic hydroxyl groups is 1. The predicted octanol–water partition coefficient (Wildman–Crippen LogP) is 2.07. The lowest BCUT2D eigenvalue weighted by Crippen LogP contribution is -2.45. The van der Waals surface area contributed by atoms with E-state index in [4.69, 9.17) is 0 Å². The molecule has 0 spiro atoms. The highest BCUT2D eigenvalue weighted by Crippen LogP contribution is 2.32. The molecule has 82 valence electrons. The van der Waals surface area contributed by atoms with Crippen molar-refractivity contribution in [3.8, 4) is 0 Å². The van der Waals surface area contributed by atoms with Crippen LogP contribution in [0.2, 0.25) is 0 Å². The van der Waals surface area contributed by atoms with Crippen molar-refractivity contribution in [3.63, 3.8) is 0 Å². The fraction of sp³-hybridized carbons (Fsp3) is 1.00. The number of hydrogen-bond acceptors (Lipinski definition) is 2. The van der Waals surface area contributed by atoms with Gasteiger partial charge in [0.25, 0.3) is 0 Å². The van der Waals surface area contributed by atoms with Crippen molar-refractivity contribution in [2.45, 2.75) is 57.0 Å². The summed E-state index contributed by atoms with van der Waals surface area (Å²) in [6, 6.07) is 0. The van der Waals surface area contributed by atoms with Gasteiger partial charge in [0.2, 0.25) is 0 Å². The highest BCUT2D eigenvalue weighted by Gasteiger charge is 2.30. The van der Waals surface area contributed by atoms with Crippen molar-refractivity contribution in [2.24, 2.45) is 5.92 Å². The van der Waals surface area contributed by atoms with E-state index in [9.17, 15) is 5.11 Å². The first-order valence-corrected chi connectivity index (χ1v) is 6.22. The molecule has 2 rings (SSSR count). The largest absolute Gasteiger partial charge is 0.389 e. The fourth-order valence-electron chi connectivity index (χ4n) is 2.94. The van der Waals surface area contributed by atoms with E-state index < -0.39 is 0 Å². The van der Waals surface area contributed by atoms with Crippen molar-refractivity contribution in [3.05, 3.63) is 0 Å². The Morgan fingerprint density at radius 3 is 2.64 bits per heavy atom. The molecule has 1 aliphatic heterocycles. The molecule has 2 N–H and O–H groups in total. The van der Waals surface area contributed by atoms with Gasteiger partial charge in [0.15, 0.2) is 0 Å². The van der Waals surface area contributed by atoms with Crippen molar-refractivity contribution in [1.82, 2.24) is 5.32 Å². The average Bonchev–Trinajstić information content (AvgIpc) is 2.69. The number of piperidine rings is 1. The molecule has 0 amide bonds. The second-order valence-electron chi connectivity index (χ2n) is 5.19. The van der Waals surface area contributed by atoms with E-state index >= 15 is 0 Å². The topological polar surface area (TPSA) is 32.3 Å². The van der Waals surface area contributed by atoms with E-state index in [2.05, 4.69) is 5.32 Å². The fourth-order valence-corrected chi connectivity index (χ4v) is 2.94. The lowest BCUT2D eigenvalue weighted by atomic mass is 9.86. The smallest absolute Gasteiger partial charge is 0.0772 e. The quantitative estimate of drug-likeness (QED) is 0.726. The van der Waals surface area contributed by atoms with Gasteiger partial charge in [-0.1, -0.05) is 25.7 Å². The molecule has 14 heavy (non-hydrogen) atoms. The van der Waals surface area contributed by atoms with E-state index in [0.29, 0.717) is 0 Å². The molecular formula is C12H23NO. The van der Waals surface area contributed by atoms with Gasteiger partial charge in [-0.25, -0.2) is 0 Å². The summed E-state index contributed by atoms with van der Waals surface area (Å²) >= 11 is 0. The molecule has 2 nitrogen and oxygen atoms in total. The Morgan fingerprint density at radius 1 is 1.21 bits per heavy atom. The van der Waals surface area contributed by atoms with Crippen LogP contribution in [0, 0.1) is 5.92 Å². The van der Waals surface area contributed by atoms with E-state index in [1.54, 1.807) is 0 Å². The summed E-state index contributed by atoms with van der Waals surface area (Å²) < 4.78 is 0. The first kappa shape index (κ1) is 10.4. The molecule has 2 heteroatoms. The zero-order valence-corrected chi connectivity index (χ0v) is 9.10. The van der Waals surface area contributed by atoms with Crippen LogP contribution >= 0.6 is 0 Å². The second kappa shape index (κ2) is 4.63. The molecule has 2 aliphatic rings. The van der Waals surface area contributed by atoms with E-state index in [0.717, 1.165) is 38.3 Å². The maximum absolute atomic E-state index is 10.3. The Morgan fingerprint density at radius 2 is 2.00 bits per heavy atom. The Labute approximate surface area is 87.1 Å². The van der Waals surface area contributed by atoms with E-state index in [1.807, 2.05) is 0 Å². The third-order valence-corrected chi connectivity index (χ3v) is 3.94. The summed E-state index contributed by atoms with van der Waals surface area (Å²) in [5.41, 5.74) is -0.374. The first-order chi connectivity index (χ1) is 6.79. The third-order valence-electron chi connectivity index (χ3n) is 3.94. The molecule has 0 aromatic carbocycles. The monoisotopic (exact) mass is 197 g/mol. The van der Waals surface area contributed by atoms with Crippen LogP contribution in [0.5, 0.6) is 0 Å². The number of hydrogen-bond donors (Lipinski definition) is 2. The molecule has 1 atom stereocenters. The molecule has 1 unspecified atom stereocenters. The Kier molecular flexibility index (Phi) is 3.45. The first-order valence-electron chi connectivity index (χ1n) is 6.22. The molecule has 1 saturated heterocycles. The van der Waals surface area contributed by atoms with Gasteiger partial charge in [0.05, 0.1) is 5.60 Å². The van der Waals surface area contributed by atoms with Gasteiger partial charge in [-0.3, -0.25) is 0 Å². The van der Waals surface area contributed by atoms with Crippen LogP contribution in [-0.4, -0.2) is 23.8 Å². The minimum absolute atomic E-state index is 0.374. The van der Waals surface area contributed by atoms with Crippen molar-refractivity contribution in [1.29, 1.82) is 0 Å². The summed E-state index contributed by atoms with van der Waals surface area (Å²) in [5.74, 6) is 0.918. The average molecular weight is 197 g/mol. The summed E-state index contributed by atoms with van der Waals surface area (Å²) in [5, 5.41) is 13.6. The highest BCUT2D eigenvalue weighted by atomic mass is 16.3. The van der Waals surface area contributed by atoms with Gasteiger partial charge in [0.1, 0.15) is 0 Å². The van der Waals surface area contributed by atoms with E-state index in [-0.39, 0.29) is 5.60 Å². The van der Waals surface area contributed by atoms with Crippen LogP contribution in [0.25, 0.3) is 0 Å². The molecule has 1 heterocycles. The van der Waals surface area contributed by atoms with Crippen molar-refractivity contribution >= 4 is 0 Å². The minimum atomic E-state index is -0.374. The van der Waals surface area contributed by atoms with Gasteiger partial charge in [-0.2, -0.15) is 0 Å². The maximum Gasteiger partial charge on any atom is 0.0772 e. The molecule has 2 fully saturated rings. The second-order valence-corrected chi connectivity index (χ2v) is 5.19. The zero-order valence-electron chi connectivity index (χ0n) is 9.10. The molecule has 1 aliphatic carbocycles. The van der Waals surface area contributed by atoms with Crippen molar-refractivity contribution in [2.75, 3.05) is 13.1 Å². The van der Waals surface area contributed by atoms with Gasteiger partial charge in [-0.05, 0) is 38.1 Å². The Hall–Kier alpha value is -0.0800. The summed E-state index contributed by atoms with van der Waals surface area (Å²) in [6.07, 6.45) is 10.1. The highest BCUT2D eigenvalue weighted by molar-refractivity contribution is 4.86. The molecule has 0 aromatic heterocycles. The van der Waals surface area contributed by atoms with Crippen LogP contribution in [0.3, 0.4) is 0 Å². The van der Waals surface area contributed by atoms with Crippen LogP contribution in [0.1, 0.15) is 51.4 Å². The summed E-state index contributed by atoms with van der Waals surface area (Å²) in [6.45, 7) is 1.91. The summed E-state index contributed by atoms with van der Waals surface area (Å²) in [7, 11) is 0. The molecule has 0 radical (unpaired) electrons. The SMILES string of the molecule is OC1(CCC2CCCC2)CCCNC1. The molecule has 0 bridgehead atoms.